The van der Waals surface area contributed by atoms with Crippen LogP contribution in [-0.4, -0.2) is 28.1 Å². The molecule has 1 N–H and O–H groups in total. The summed E-state index contributed by atoms with van der Waals surface area (Å²) in [6.07, 6.45) is 0.00567. The van der Waals surface area contributed by atoms with E-state index in [9.17, 15) is 14.7 Å². The summed E-state index contributed by atoms with van der Waals surface area (Å²) in [5.74, 6) is -0.425. The van der Waals surface area contributed by atoms with E-state index >= 15 is 0 Å². The lowest BCUT2D eigenvalue weighted by molar-refractivity contribution is -0.132. The highest BCUT2D eigenvalue weighted by atomic mass is 16.5. The topological polar surface area (TPSA) is 92.9 Å². The van der Waals surface area contributed by atoms with E-state index in [-0.39, 0.29) is 23.3 Å². The lowest BCUT2D eigenvalue weighted by atomic mass is 9.95. The number of aliphatic hydroxyl groups excluding tert-OH is 1. The molecular weight excluding hydrogens is 408 g/mol. The minimum atomic E-state index is -0.867. The number of hydrogen-bond acceptors (Lipinski definition) is 6. The van der Waals surface area contributed by atoms with Gasteiger partial charge in [-0.2, -0.15) is 0 Å². The van der Waals surface area contributed by atoms with Crippen molar-refractivity contribution in [1.82, 2.24) is 5.16 Å². The van der Waals surface area contributed by atoms with Crippen LogP contribution in [0.5, 0.6) is 5.75 Å². The van der Waals surface area contributed by atoms with Gasteiger partial charge < -0.3 is 14.4 Å². The van der Waals surface area contributed by atoms with Crippen LogP contribution in [0.25, 0.3) is 5.76 Å². The highest BCUT2D eigenvalue weighted by Gasteiger charge is 2.48. The van der Waals surface area contributed by atoms with Crippen LogP contribution in [0.3, 0.4) is 0 Å². The number of ether oxygens (including phenoxy) is 1. The molecule has 0 aliphatic carbocycles. The van der Waals surface area contributed by atoms with Crippen LogP contribution in [0, 0.1) is 13.8 Å². The highest BCUT2D eigenvalue weighted by Crippen LogP contribution is 2.42. The molecule has 2 heterocycles. The molecule has 0 bridgehead atoms. The van der Waals surface area contributed by atoms with Crippen molar-refractivity contribution >= 4 is 23.3 Å². The van der Waals surface area contributed by atoms with Crippen molar-refractivity contribution in [3.63, 3.8) is 0 Å². The Labute approximate surface area is 185 Å². The normalized spacial score (nSPS) is 17.9. The minimum Gasteiger partial charge on any atom is -0.507 e. The molecule has 0 saturated carbocycles. The van der Waals surface area contributed by atoms with E-state index in [0.29, 0.717) is 22.6 Å². The second-order valence-electron chi connectivity index (χ2n) is 8.07. The predicted octanol–water partition coefficient (Wildman–Crippen LogP) is 4.70. The summed E-state index contributed by atoms with van der Waals surface area (Å²) < 4.78 is 10.9. The number of aromatic nitrogens is 1. The van der Waals surface area contributed by atoms with Crippen molar-refractivity contribution < 1.29 is 24.0 Å². The highest BCUT2D eigenvalue weighted by molar-refractivity contribution is 6.51. The number of aliphatic hydroxyl groups is 1. The van der Waals surface area contributed by atoms with Gasteiger partial charge in [0.25, 0.3) is 5.78 Å². The van der Waals surface area contributed by atoms with Gasteiger partial charge in [0.05, 0.1) is 17.7 Å². The van der Waals surface area contributed by atoms with Gasteiger partial charge in [-0.25, -0.2) is 0 Å². The van der Waals surface area contributed by atoms with Crippen molar-refractivity contribution in [3.8, 4) is 5.75 Å². The molecule has 1 atom stereocenters. The lowest BCUT2D eigenvalue weighted by Crippen LogP contribution is -2.29. The van der Waals surface area contributed by atoms with Crippen molar-refractivity contribution in [2.24, 2.45) is 0 Å². The molecule has 1 aliphatic heterocycles. The van der Waals surface area contributed by atoms with Crippen LogP contribution < -0.4 is 9.64 Å². The van der Waals surface area contributed by atoms with Crippen molar-refractivity contribution in [2.45, 2.75) is 39.8 Å². The molecule has 1 amide bonds. The molecule has 0 radical (unpaired) electrons. The van der Waals surface area contributed by atoms with E-state index in [1.807, 2.05) is 32.9 Å². The lowest BCUT2D eigenvalue weighted by Gasteiger charge is -2.23. The number of aryl methyl sites for hydroxylation is 2. The number of hydrogen-bond donors (Lipinski definition) is 1. The van der Waals surface area contributed by atoms with Crippen LogP contribution in [-0.2, 0) is 9.59 Å². The number of rotatable bonds is 5. The van der Waals surface area contributed by atoms with E-state index < -0.39 is 17.7 Å². The van der Waals surface area contributed by atoms with Crippen LogP contribution in [0.15, 0.2) is 64.7 Å². The summed E-state index contributed by atoms with van der Waals surface area (Å²) in [6, 6.07) is 14.9. The van der Waals surface area contributed by atoms with Gasteiger partial charge in [-0.1, -0.05) is 47.1 Å². The van der Waals surface area contributed by atoms with Gasteiger partial charge >= 0.3 is 5.91 Å². The number of benzene rings is 2. The molecule has 4 rings (SSSR count). The van der Waals surface area contributed by atoms with Gasteiger partial charge in [-0.15, -0.1) is 0 Å². The van der Waals surface area contributed by atoms with Crippen molar-refractivity contribution in [1.29, 1.82) is 0 Å². The molecule has 0 spiro atoms. The Morgan fingerprint density at radius 1 is 1.06 bits per heavy atom. The summed E-state index contributed by atoms with van der Waals surface area (Å²) in [5, 5.41) is 15.0. The molecule has 32 heavy (non-hydrogen) atoms. The number of amides is 1. The molecule has 164 valence electrons. The summed E-state index contributed by atoms with van der Waals surface area (Å²) >= 11 is 0. The van der Waals surface area contributed by atoms with Gasteiger partial charge in [0.2, 0.25) is 0 Å². The zero-order valence-corrected chi connectivity index (χ0v) is 18.3. The molecular formula is C25H24N2O5. The number of ketones is 1. The number of carbonyl (C=O) groups is 2. The maximum absolute atomic E-state index is 13.1. The smallest absolute Gasteiger partial charge is 0.301 e. The summed E-state index contributed by atoms with van der Waals surface area (Å²) in [5.41, 5.74) is 2.10. The molecule has 7 nitrogen and oxygen atoms in total. The van der Waals surface area contributed by atoms with Crippen LogP contribution in [0.2, 0.25) is 0 Å². The third-order valence-corrected chi connectivity index (χ3v) is 5.20. The Balaban J connectivity index is 1.87. The first-order valence-corrected chi connectivity index (χ1v) is 10.3. The average Bonchev–Trinajstić information content (AvgIpc) is 3.29. The number of anilines is 1. The van der Waals surface area contributed by atoms with Gasteiger partial charge in [0.15, 0.2) is 5.82 Å². The summed E-state index contributed by atoms with van der Waals surface area (Å²) in [4.78, 5) is 27.4. The first kappa shape index (κ1) is 21.4. The van der Waals surface area contributed by atoms with Gasteiger partial charge in [-0.3, -0.25) is 14.5 Å². The minimum absolute atomic E-state index is 0.00275. The number of nitrogens with zero attached hydrogens (tertiary/aromatic N) is 2. The van der Waals surface area contributed by atoms with Gasteiger partial charge in [0.1, 0.15) is 17.3 Å². The quantitative estimate of drug-likeness (QED) is 0.357. The fraction of sp³-hybridized carbons (Fsp3) is 0.240. The fourth-order valence-electron chi connectivity index (χ4n) is 3.72. The first-order chi connectivity index (χ1) is 15.3. The zero-order chi connectivity index (χ0) is 23.0. The third-order valence-electron chi connectivity index (χ3n) is 5.20. The standard InChI is InChI=1S/C25H24N2O5/c1-14(2)31-19-11-9-17(10-12-19)22-21(23(28)18-7-5-15(3)6-8-18)24(29)25(30)27(22)20-13-16(4)32-26-20/h5-14,22,28H,1-4H3/b23-21+. The zero-order valence-electron chi connectivity index (χ0n) is 18.3. The molecule has 1 saturated heterocycles. The van der Waals surface area contributed by atoms with Crippen molar-refractivity contribution in [3.05, 3.63) is 82.6 Å². The Hall–Kier alpha value is -3.87. The van der Waals surface area contributed by atoms with Gasteiger partial charge in [0, 0.05) is 11.6 Å². The second-order valence-corrected chi connectivity index (χ2v) is 8.07. The molecule has 7 heteroatoms. The molecule has 1 aromatic heterocycles. The van der Waals surface area contributed by atoms with E-state index in [1.54, 1.807) is 49.4 Å². The predicted molar refractivity (Wildman–Crippen MR) is 119 cm³/mol. The second kappa shape index (κ2) is 8.34. The summed E-state index contributed by atoms with van der Waals surface area (Å²) in [6.45, 7) is 7.48. The first-order valence-electron chi connectivity index (χ1n) is 10.3. The monoisotopic (exact) mass is 432 g/mol. The van der Waals surface area contributed by atoms with Crippen LogP contribution >= 0.6 is 0 Å². The van der Waals surface area contributed by atoms with E-state index in [0.717, 1.165) is 5.56 Å². The number of carbonyl (C=O) groups excluding carboxylic acids is 2. The Morgan fingerprint density at radius 3 is 2.28 bits per heavy atom. The SMILES string of the molecule is Cc1ccc(/C(O)=C2\C(=O)C(=O)N(c3cc(C)on3)C2c2ccc(OC(C)C)cc2)cc1. The number of Topliss-reactive ketones (excluding diaryl/α,β-unsaturated/α-hetero) is 1. The molecule has 1 aliphatic rings. The van der Waals surface area contributed by atoms with Gasteiger partial charge in [-0.05, 0) is 45.4 Å². The third kappa shape index (κ3) is 3.89. The summed E-state index contributed by atoms with van der Waals surface area (Å²) in [7, 11) is 0. The van der Waals surface area contributed by atoms with E-state index in [1.165, 1.54) is 4.90 Å². The van der Waals surface area contributed by atoms with Crippen molar-refractivity contribution in [2.75, 3.05) is 4.90 Å². The Morgan fingerprint density at radius 2 is 1.72 bits per heavy atom. The molecule has 2 aromatic carbocycles. The van der Waals surface area contributed by atoms with Crippen LogP contribution in [0.1, 0.15) is 42.3 Å². The maximum Gasteiger partial charge on any atom is 0.301 e. The molecule has 1 fully saturated rings. The van der Waals surface area contributed by atoms with E-state index in [4.69, 9.17) is 9.26 Å². The van der Waals surface area contributed by atoms with Crippen LogP contribution in [0.4, 0.5) is 5.82 Å². The maximum atomic E-state index is 13.1. The largest absolute Gasteiger partial charge is 0.507 e. The Kier molecular flexibility index (Phi) is 5.57. The molecule has 1 unspecified atom stereocenters. The fourth-order valence-corrected chi connectivity index (χ4v) is 3.72. The molecule has 3 aromatic rings. The Bertz CT molecular complexity index is 1190. The average molecular weight is 432 g/mol. The van der Waals surface area contributed by atoms with E-state index in [2.05, 4.69) is 5.16 Å².